The maximum absolute atomic E-state index is 13.9. The number of carbonyl (C=O) groups excluding carboxylic acids is 2. The molecule has 2 amide bonds. The van der Waals surface area contributed by atoms with Crippen LogP contribution in [0.1, 0.15) is 17.7 Å². The summed E-state index contributed by atoms with van der Waals surface area (Å²) >= 11 is 0. The summed E-state index contributed by atoms with van der Waals surface area (Å²) in [5.74, 6) is 0.319. The highest BCUT2D eigenvalue weighted by atomic mass is 35.5. The molecule has 2 aliphatic heterocycles. The highest BCUT2D eigenvalue weighted by Crippen LogP contribution is 2.45. The van der Waals surface area contributed by atoms with E-state index in [0.29, 0.717) is 35.9 Å². The van der Waals surface area contributed by atoms with Crippen molar-refractivity contribution < 1.29 is 14.3 Å². The fraction of sp³-hybridized carbons (Fsp3) is 0.259. The van der Waals surface area contributed by atoms with Crippen LogP contribution in [0.25, 0.3) is 27.4 Å². The topological polar surface area (TPSA) is 82.5 Å². The van der Waals surface area contributed by atoms with Crippen LogP contribution < -0.4 is 15.4 Å². The molecule has 2 N–H and O–H groups in total. The number of carbonyl (C=O) groups is 2. The van der Waals surface area contributed by atoms with Crippen molar-refractivity contribution in [2.45, 2.75) is 19.4 Å². The van der Waals surface area contributed by atoms with Gasteiger partial charge in [-0.05, 0) is 43.5 Å². The Morgan fingerprint density at radius 1 is 1.09 bits per heavy atom. The number of methoxy groups -OCH3 is 1. The third-order valence-corrected chi connectivity index (χ3v) is 7.26. The van der Waals surface area contributed by atoms with Crippen LogP contribution in [0, 0.1) is 5.92 Å². The number of aromatic nitrogens is 2. The molecular weight excluding hydrogens is 464 g/mol. The molecule has 1 unspecified atom stereocenters. The van der Waals surface area contributed by atoms with Gasteiger partial charge in [-0.3, -0.25) is 9.59 Å². The number of nitrogens with two attached hydrogens (primary N) is 1. The van der Waals surface area contributed by atoms with Crippen molar-refractivity contribution in [3.8, 4) is 5.75 Å². The van der Waals surface area contributed by atoms with E-state index in [1.54, 1.807) is 7.11 Å². The number of fused-ring (bicyclic) bond motifs is 4. The van der Waals surface area contributed by atoms with Crippen LogP contribution in [0.3, 0.4) is 0 Å². The van der Waals surface area contributed by atoms with Gasteiger partial charge in [0.05, 0.1) is 29.3 Å². The molecule has 0 bridgehead atoms. The summed E-state index contributed by atoms with van der Waals surface area (Å²) in [6, 6.07) is 13.8. The Bertz CT molecular complexity index is 1530. The Balaban J connectivity index is 0.00000253. The molecule has 4 aromatic rings. The second kappa shape index (κ2) is 8.59. The van der Waals surface area contributed by atoms with Gasteiger partial charge in [0.1, 0.15) is 5.75 Å². The van der Waals surface area contributed by atoms with Crippen molar-refractivity contribution in [1.82, 2.24) is 9.13 Å². The van der Waals surface area contributed by atoms with Crippen molar-refractivity contribution in [2.75, 3.05) is 18.6 Å². The lowest BCUT2D eigenvalue weighted by atomic mass is 9.95. The van der Waals surface area contributed by atoms with Gasteiger partial charge in [0.15, 0.2) is 0 Å². The monoisotopic (exact) mass is 490 g/mol. The molecule has 0 saturated heterocycles. The van der Waals surface area contributed by atoms with Crippen molar-refractivity contribution in [2.24, 2.45) is 18.7 Å². The van der Waals surface area contributed by atoms with Crippen LogP contribution >= 0.6 is 12.4 Å². The quantitative estimate of drug-likeness (QED) is 0.438. The van der Waals surface area contributed by atoms with E-state index >= 15 is 0 Å². The van der Waals surface area contributed by atoms with E-state index in [4.69, 9.17) is 10.5 Å². The summed E-state index contributed by atoms with van der Waals surface area (Å²) in [6.07, 6.45) is 5.07. The van der Waals surface area contributed by atoms with E-state index in [0.717, 1.165) is 46.0 Å². The molecule has 180 valence electrons. The van der Waals surface area contributed by atoms with Crippen molar-refractivity contribution in [3.05, 3.63) is 66.0 Å². The number of halogens is 1. The number of hydrogen-bond acceptors (Lipinski definition) is 4. The number of amides is 2. The Morgan fingerprint density at radius 3 is 2.63 bits per heavy atom. The minimum atomic E-state index is -0.330. The van der Waals surface area contributed by atoms with Gasteiger partial charge in [-0.15, -0.1) is 12.4 Å². The zero-order chi connectivity index (χ0) is 23.6. The van der Waals surface area contributed by atoms with Gasteiger partial charge < -0.3 is 19.6 Å². The maximum atomic E-state index is 13.9. The summed E-state index contributed by atoms with van der Waals surface area (Å²) in [6.45, 7) is 1.36. The lowest BCUT2D eigenvalue weighted by Crippen LogP contribution is -2.33. The largest absolute Gasteiger partial charge is 0.496 e. The third-order valence-electron chi connectivity index (χ3n) is 7.26. The molecular formula is C27H27ClN4O3. The average molecular weight is 491 g/mol. The number of benzene rings is 2. The second-order valence-corrected chi connectivity index (χ2v) is 9.10. The van der Waals surface area contributed by atoms with Crippen LogP contribution in [0.5, 0.6) is 5.75 Å². The molecule has 0 aliphatic carbocycles. The van der Waals surface area contributed by atoms with E-state index < -0.39 is 0 Å². The first kappa shape index (κ1) is 23.2. The van der Waals surface area contributed by atoms with Gasteiger partial charge in [-0.2, -0.15) is 0 Å². The number of ether oxygens (including phenoxy) is 1. The van der Waals surface area contributed by atoms with Crippen LogP contribution in [0.2, 0.25) is 0 Å². The standard InChI is InChI=1S/C27H26N4O3.ClH/c1-29-15-19(17-6-3-4-7-20(17)29)18-13-24(32)31(27(18)33)26-22-12-16(14-28)10-11-30(22)21-8-5-9-23(34-2)25(21)26;/h3-9,13,15-16H,10-12,14,28H2,1-2H3;1H. The van der Waals surface area contributed by atoms with E-state index in [2.05, 4.69) is 4.57 Å². The summed E-state index contributed by atoms with van der Waals surface area (Å²) in [7, 11) is 3.56. The molecule has 2 aromatic heterocycles. The number of imide groups is 1. The lowest BCUT2D eigenvalue weighted by molar-refractivity contribution is -0.119. The normalized spacial score (nSPS) is 17.6. The number of para-hydroxylation sites is 1. The van der Waals surface area contributed by atoms with Gasteiger partial charge in [-0.25, -0.2) is 4.90 Å². The molecule has 0 spiro atoms. The molecule has 2 aromatic carbocycles. The predicted octanol–water partition coefficient (Wildman–Crippen LogP) is 4.04. The summed E-state index contributed by atoms with van der Waals surface area (Å²) in [5.41, 5.74) is 10.8. The van der Waals surface area contributed by atoms with Crippen LogP contribution in [-0.4, -0.2) is 34.6 Å². The van der Waals surface area contributed by atoms with E-state index in [1.807, 2.05) is 60.3 Å². The molecule has 7 nitrogen and oxygen atoms in total. The first-order chi connectivity index (χ1) is 16.5. The SMILES string of the molecule is COc1cccc2c1c(N1C(=O)C=C(c3cn(C)c4ccccc34)C1=O)c1n2CCC(CN)C1.Cl. The zero-order valence-corrected chi connectivity index (χ0v) is 20.5. The predicted molar refractivity (Wildman–Crippen MR) is 140 cm³/mol. The molecule has 35 heavy (non-hydrogen) atoms. The molecule has 0 saturated carbocycles. The van der Waals surface area contributed by atoms with Crippen molar-refractivity contribution in [3.63, 3.8) is 0 Å². The molecule has 0 radical (unpaired) electrons. The summed E-state index contributed by atoms with van der Waals surface area (Å²) in [4.78, 5) is 28.7. The number of rotatable bonds is 4. The van der Waals surface area contributed by atoms with Gasteiger partial charge in [0, 0.05) is 48.0 Å². The van der Waals surface area contributed by atoms with E-state index in [9.17, 15) is 9.59 Å². The first-order valence-corrected chi connectivity index (χ1v) is 11.6. The van der Waals surface area contributed by atoms with Crippen LogP contribution in [0.4, 0.5) is 5.69 Å². The Labute approximate surface area is 209 Å². The zero-order valence-electron chi connectivity index (χ0n) is 19.7. The van der Waals surface area contributed by atoms with Gasteiger partial charge in [-0.1, -0.05) is 24.3 Å². The van der Waals surface area contributed by atoms with Crippen molar-refractivity contribution in [1.29, 1.82) is 0 Å². The molecule has 4 heterocycles. The van der Waals surface area contributed by atoms with Gasteiger partial charge in [0.2, 0.25) is 0 Å². The summed E-state index contributed by atoms with van der Waals surface area (Å²) < 4.78 is 9.89. The first-order valence-electron chi connectivity index (χ1n) is 11.6. The number of hydrogen-bond donors (Lipinski definition) is 1. The number of nitrogens with zero attached hydrogens (tertiary/aromatic N) is 3. The second-order valence-electron chi connectivity index (χ2n) is 9.10. The van der Waals surface area contributed by atoms with Crippen molar-refractivity contribution >= 4 is 57.3 Å². The average Bonchev–Trinajstić information content (AvgIpc) is 3.47. The maximum Gasteiger partial charge on any atom is 0.266 e. The highest BCUT2D eigenvalue weighted by molar-refractivity contribution is 6.45. The van der Waals surface area contributed by atoms with E-state index in [1.165, 1.54) is 11.0 Å². The number of aryl methyl sites for hydroxylation is 2. The lowest BCUT2D eigenvalue weighted by Gasteiger charge is -2.26. The molecule has 6 rings (SSSR count). The molecule has 2 aliphatic rings. The third kappa shape index (κ3) is 3.30. The molecule has 0 fully saturated rings. The van der Waals surface area contributed by atoms with E-state index in [-0.39, 0.29) is 24.2 Å². The Hall–Kier alpha value is -3.55. The van der Waals surface area contributed by atoms with Crippen LogP contribution in [-0.2, 0) is 29.6 Å². The minimum absolute atomic E-state index is 0. The van der Waals surface area contributed by atoms with Gasteiger partial charge >= 0.3 is 0 Å². The molecule has 1 atom stereocenters. The molecule has 8 heteroatoms. The van der Waals surface area contributed by atoms with Crippen LogP contribution in [0.15, 0.2) is 54.7 Å². The Morgan fingerprint density at radius 2 is 1.86 bits per heavy atom. The number of anilines is 1. The fourth-order valence-corrected chi connectivity index (χ4v) is 5.59. The highest BCUT2D eigenvalue weighted by Gasteiger charge is 2.39. The van der Waals surface area contributed by atoms with Gasteiger partial charge in [0.25, 0.3) is 11.8 Å². The smallest absolute Gasteiger partial charge is 0.266 e. The fourth-order valence-electron chi connectivity index (χ4n) is 5.59. The Kier molecular flexibility index (Phi) is 5.69. The minimum Gasteiger partial charge on any atom is -0.496 e. The summed E-state index contributed by atoms with van der Waals surface area (Å²) in [5, 5.41) is 1.75.